The first-order valence-corrected chi connectivity index (χ1v) is 12.2. The number of nitrogens with zero attached hydrogens (tertiary/aromatic N) is 2. The highest BCUT2D eigenvalue weighted by Gasteiger charge is 2.35. The fraction of sp³-hybridized carbons (Fsp3) is 0.476. The quantitative estimate of drug-likeness (QED) is 0.757. The van der Waals surface area contributed by atoms with Gasteiger partial charge in [0.1, 0.15) is 10.3 Å². The summed E-state index contributed by atoms with van der Waals surface area (Å²) >= 11 is 1.15. The number of carbonyl (C=O) groups is 1. The summed E-state index contributed by atoms with van der Waals surface area (Å²) in [7, 11) is -3.71. The Morgan fingerprint density at radius 3 is 2.55 bits per heavy atom. The molecule has 6 nitrogen and oxygen atoms in total. The molecule has 29 heavy (non-hydrogen) atoms. The van der Waals surface area contributed by atoms with Crippen molar-refractivity contribution in [2.75, 3.05) is 24.5 Å². The predicted molar refractivity (Wildman–Crippen MR) is 118 cm³/mol. The molecule has 1 aromatic carbocycles. The molecule has 0 saturated carbocycles. The topological polar surface area (TPSA) is 69.7 Å². The van der Waals surface area contributed by atoms with Crippen molar-refractivity contribution in [3.05, 3.63) is 47.3 Å². The second-order valence-corrected chi connectivity index (χ2v) is 10.8. The summed E-state index contributed by atoms with van der Waals surface area (Å²) in [6.07, 6.45) is 0. The number of hydrogen-bond acceptors (Lipinski definition) is 5. The van der Waals surface area contributed by atoms with Crippen LogP contribution in [-0.4, -0.2) is 50.9 Å². The third kappa shape index (κ3) is 4.99. The lowest BCUT2D eigenvalue weighted by Gasteiger charge is -2.42. The van der Waals surface area contributed by atoms with Gasteiger partial charge in [-0.3, -0.25) is 4.79 Å². The minimum absolute atomic E-state index is 0.149. The van der Waals surface area contributed by atoms with E-state index in [1.807, 2.05) is 19.9 Å². The number of carbonyl (C=O) groups excluding carboxylic acids is 1. The lowest BCUT2D eigenvalue weighted by molar-refractivity contribution is -0.134. The van der Waals surface area contributed by atoms with Crippen LogP contribution in [-0.2, 0) is 14.8 Å². The summed E-state index contributed by atoms with van der Waals surface area (Å²) in [5, 5.41) is 1.72. The third-order valence-corrected chi connectivity index (χ3v) is 8.09. The molecule has 1 aliphatic heterocycles. The van der Waals surface area contributed by atoms with Gasteiger partial charge in [0.25, 0.3) is 10.0 Å². The van der Waals surface area contributed by atoms with Gasteiger partial charge in [0.15, 0.2) is 0 Å². The van der Waals surface area contributed by atoms with Crippen LogP contribution in [0.2, 0.25) is 0 Å². The molecule has 8 heteroatoms. The molecule has 2 heterocycles. The van der Waals surface area contributed by atoms with Crippen LogP contribution in [0.4, 0.5) is 5.69 Å². The average Bonchev–Trinajstić information content (AvgIpc) is 3.21. The Morgan fingerprint density at radius 1 is 1.21 bits per heavy atom. The molecule has 1 aromatic heterocycles. The van der Waals surface area contributed by atoms with Gasteiger partial charge < -0.3 is 9.80 Å². The molecule has 3 rings (SSSR count). The van der Waals surface area contributed by atoms with Gasteiger partial charge in [-0.25, -0.2) is 8.42 Å². The Labute approximate surface area is 177 Å². The molecule has 1 saturated heterocycles. The fourth-order valence-electron chi connectivity index (χ4n) is 3.66. The molecule has 1 amide bonds. The van der Waals surface area contributed by atoms with Gasteiger partial charge >= 0.3 is 0 Å². The third-order valence-electron chi connectivity index (χ3n) is 5.25. The van der Waals surface area contributed by atoms with Crippen molar-refractivity contribution in [1.82, 2.24) is 9.62 Å². The Morgan fingerprint density at radius 2 is 1.97 bits per heavy atom. The lowest BCUT2D eigenvalue weighted by Crippen LogP contribution is -2.59. The Balaban J connectivity index is 1.71. The SMILES string of the molecule is Cc1cccc(N2CCN(C(=O)C(NS(=O)(=O)c3cccs3)C(C)C)CC2C)c1. The largest absolute Gasteiger partial charge is 0.365 e. The Kier molecular flexibility index (Phi) is 6.65. The molecule has 0 bridgehead atoms. The molecule has 1 N–H and O–H groups in total. The normalized spacial score (nSPS) is 18.9. The van der Waals surface area contributed by atoms with E-state index in [9.17, 15) is 13.2 Å². The van der Waals surface area contributed by atoms with Crippen LogP contribution in [0.3, 0.4) is 0 Å². The van der Waals surface area contributed by atoms with Gasteiger partial charge in [-0.15, -0.1) is 11.3 Å². The highest BCUT2D eigenvalue weighted by Crippen LogP contribution is 2.23. The van der Waals surface area contributed by atoms with Gasteiger partial charge in [0, 0.05) is 31.4 Å². The van der Waals surface area contributed by atoms with E-state index in [-0.39, 0.29) is 22.1 Å². The first kappa shape index (κ1) is 21.8. The number of hydrogen-bond donors (Lipinski definition) is 1. The van der Waals surface area contributed by atoms with Crippen LogP contribution < -0.4 is 9.62 Å². The zero-order valence-electron chi connectivity index (χ0n) is 17.3. The standard InChI is InChI=1S/C21H29N3O3S2/c1-15(2)20(22-29(26,27)19-9-6-12-28-19)21(25)23-10-11-24(17(4)14-23)18-8-5-7-16(3)13-18/h5-9,12-13,15,17,20,22H,10-11,14H2,1-4H3. The van der Waals surface area contributed by atoms with Crippen molar-refractivity contribution < 1.29 is 13.2 Å². The monoisotopic (exact) mass is 435 g/mol. The summed E-state index contributed by atoms with van der Waals surface area (Å²) in [4.78, 5) is 17.3. The smallest absolute Gasteiger partial charge is 0.250 e. The number of nitrogens with one attached hydrogen (secondary N) is 1. The van der Waals surface area contributed by atoms with E-state index in [2.05, 4.69) is 41.7 Å². The van der Waals surface area contributed by atoms with Crippen molar-refractivity contribution >= 4 is 33.0 Å². The minimum Gasteiger partial charge on any atom is -0.365 e. The van der Waals surface area contributed by atoms with Gasteiger partial charge in [0.2, 0.25) is 5.91 Å². The van der Waals surface area contributed by atoms with E-state index in [4.69, 9.17) is 0 Å². The molecular weight excluding hydrogens is 406 g/mol. The van der Waals surface area contributed by atoms with Gasteiger partial charge in [-0.05, 0) is 48.9 Å². The summed E-state index contributed by atoms with van der Waals surface area (Å²) < 4.78 is 28.2. The van der Waals surface area contributed by atoms with Gasteiger partial charge in [-0.2, -0.15) is 4.72 Å². The maximum atomic E-state index is 13.2. The lowest BCUT2D eigenvalue weighted by atomic mass is 10.0. The molecule has 0 aliphatic carbocycles. The number of thiophene rings is 1. The van der Waals surface area contributed by atoms with Gasteiger partial charge in [0.05, 0.1) is 0 Å². The van der Waals surface area contributed by atoms with E-state index in [0.29, 0.717) is 13.1 Å². The summed E-state index contributed by atoms with van der Waals surface area (Å²) in [5.41, 5.74) is 2.36. The van der Waals surface area contributed by atoms with E-state index < -0.39 is 16.1 Å². The molecular formula is C21H29N3O3S2. The Bertz CT molecular complexity index is 942. The van der Waals surface area contributed by atoms with Crippen LogP contribution in [0.1, 0.15) is 26.3 Å². The zero-order chi connectivity index (χ0) is 21.2. The molecule has 1 aliphatic rings. The number of aryl methyl sites for hydroxylation is 1. The second kappa shape index (κ2) is 8.85. The van der Waals surface area contributed by atoms with Crippen molar-refractivity contribution in [2.24, 2.45) is 5.92 Å². The van der Waals surface area contributed by atoms with E-state index >= 15 is 0 Å². The van der Waals surface area contributed by atoms with E-state index in [1.165, 1.54) is 5.56 Å². The zero-order valence-corrected chi connectivity index (χ0v) is 19.0. The van der Waals surface area contributed by atoms with Crippen LogP contribution >= 0.6 is 11.3 Å². The van der Waals surface area contributed by atoms with Crippen LogP contribution in [0, 0.1) is 12.8 Å². The molecule has 0 spiro atoms. The summed E-state index contributed by atoms with van der Waals surface area (Å²) in [6, 6.07) is 11.0. The molecule has 1 fully saturated rings. The maximum absolute atomic E-state index is 13.2. The van der Waals surface area contributed by atoms with E-state index in [0.717, 1.165) is 23.6 Å². The number of rotatable bonds is 6. The highest BCUT2D eigenvalue weighted by atomic mass is 32.2. The Hall–Kier alpha value is -1.90. The second-order valence-electron chi connectivity index (χ2n) is 7.94. The maximum Gasteiger partial charge on any atom is 0.250 e. The number of anilines is 1. The first-order valence-electron chi connectivity index (χ1n) is 9.87. The van der Waals surface area contributed by atoms with Crippen molar-refractivity contribution in [2.45, 2.75) is 44.0 Å². The predicted octanol–water partition coefficient (Wildman–Crippen LogP) is 3.10. The summed E-state index contributed by atoms with van der Waals surface area (Å²) in [5.74, 6) is -0.307. The van der Waals surface area contributed by atoms with Crippen molar-refractivity contribution in [3.8, 4) is 0 Å². The number of sulfonamides is 1. The van der Waals surface area contributed by atoms with Crippen molar-refractivity contribution in [3.63, 3.8) is 0 Å². The molecule has 2 aromatic rings. The number of benzene rings is 1. The molecule has 158 valence electrons. The van der Waals surface area contributed by atoms with Crippen LogP contribution in [0.25, 0.3) is 0 Å². The fourth-order valence-corrected chi connectivity index (χ4v) is 6.01. The van der Waals surface area contributed by atoms with Crippen LogP contribution in [0.15, 0.2) is 46.0 Å². The highest BCUT2D eigenvalue weighted by molar-refractivity contribution is 7.91. The molecule has 2 atom stereocenters. The minimum atomic E-state index is -3.71. The molecule has 0 radical (unpaired) electrons. The first-order chi connectivity index (χ1) is 13.7. The summed E-state index contributed by atoms with van der Waals surface area (Å²) in [6.45, 7) is 9.76. The molecule has 2 unspecified atom stereocenters. The van der Waals surface area contributed by atoms with Gasteiger partial charge in [-0.1, -0.05) is 32.0 Å². The van der Waals surface area contributed by atoms with Crippen LogP contribution in [0.5, 0.6) is 0 Å². The van der Waals surface area contributed by atoms with E-state index in [1.54, 1.807) is 22.4 Å². The average molecular weight is 436 g/mol. The number of piperazine rings is 1. The number of amides is 1. The van der Waals surface area contributed by atoms with Crippen molar-refractivity contribution in [1.29, 1.82) is 0 Å².